The molecule has 6 nitrogen and oxygen atoms in total. The molecule has 1 aliphatic rings. The van der Waals surface area contributed by atoms with Crippen LogP contribution in [0.5, 0.6) is 0 Å². The van der Waals surface area contributed by atoms with Gasteiger partial charge in [-0.15, -0.1) is 0 Å². The zero-order valence-corrected chi connectivity index (χ0v) is 19.5. The van der Waals surface area contributed by atoms with Crippen molar-refractivity contribution in [2.75, 3.05) is 11.4 Å². The average Bonchev–Trinajstić information content (AvgIpc) is 3.11. The third-order valence-corrected chi connectivity index (χ3v) is 6.41. The summed E-state index contributed by atoms with van der Waals surface area (Å²) in [5.74, 6) is -1.47. The Bertz CT molecular complexity index is 1250. The Morgan fingerprint density at radius 3 is 2.44 bits per heavy atom. The van der Waals surface area contributed by atoms with Crippen molar-refractivity contribution in [1.29, 1.82) is 0 Å². The summed E-state index contributed by atoms with van der Waals surface area (Å²) in [6, 6.07) is 16.3. The van der Waals surface area contributed by atoms with Crippen LogP contribution >= 0.6 is 0 Å². The molecule has 0 saturated carbocycles. The molecule has 3 aromatic rings. The first-order chi connectivity index (χ1) is 16.3. The predicted molar refractivity (Wildman–Crippen MR) is 130 cm³/mol. The van der Waals surface area contributed by atoms with Crippen molar-refractivity contribution in [2.45, 2.75) is 45.8 Å². The molecule has 0 aliphatic carbocycles. The predicted octanol–water partition coefficient (Wildman–Crippen LogP) is 4.27. The smallest absolute Gasteiger partial charge is 0.259 e. The second kappa shape index (κ2) is 9.63. The zero-order valence-electron chi connectivity index (χ0n) is 19.5. The van der Waals surface area contributed by atoms with Crippen molar-refractivity contribution >= 4 is 34.2 Å². The largest absolute Gasteiger partial charge is 0.352 e. The third kappa shape index (κ3) is 4.38. The van der Waals surface area contributed by atoms with Crippen LogP contribution in [0.3, 0.4) is 0 Å². The van der Waals surface area contributed by atoms with Crippen LogP contribution in [0.25, 0.3) is 10.8 Å². The number of nitrogens with zero attached hydrogens (tertiary/aromatic N) is 2. The van der Waals surface area contributed by atoms with E-state index in [1.807, 2.05) is 44.2 Å². The Kier molecular flexibility index (Phi) is 6.63. The summed E-state index contributed by atoms with van der Waals surface area (Å²) in [6.45, 7) is 5.13. The van der Waals surface area contributed by atoms with Gasteiger partial charge in [0.2, 0.25) is 11.8 Å². The fourth-order valence-corrected chi connectivity index (χ4v) is 4.22. The average molecular weight is 462 g/mol. The van der Waals surface area contributed by atoms with E-state index in [9.17, 15) is 18.8 Å². The van der Waals surface area contributed by atoms with Crippen LogP contribution in [-0.2, 0) is 16.1 Å². The molecule has 2 atom stereocenters. The highest BCUT2D eigenvalue weighted by Crippen LogP contribution is 2.37. The van der Waals surface area contributed by atoms with Gasteiger partial charge in [-0.05, 0) is 43.9 Å². The van der Waals surface area contributed by atoms with E-state index in [1.165, 1.54) is 15.9 Å². The number of benzene rings is 3. The second-order valence-corrected chi connectivity index (χ2v) is 8.68. The highest BCUT2D eigenvalue weighted by molar-refractivity contribution is 6.26. The summed E-state index contributed by atoms with van der Waals surface area (Å²) in [5, 5.41) is 4.62. The Morgan fingerprint density at radius 1 is 1.03 bits per heavy atom. The number of nitrogens with one attached hydrogen (secondary N) is 1. The quantitative estimate of drug-likeness (QED) is 0.545. The molecule has 3 amide bonds. The first-order valence-electron chi connectivity index (χ1n) is 11.5. The number of amides is 3. The van der Waals surface area contributed by atoms with E-state index < -0.39 is 17.8 Å². The third-order valence-electron chi connectivity index (χ3n) is 6.41. The van der Waals surface area contributed by atoms with Crippen LogP contribution in [0.1, 0.15) is 43.1 Å². The Balaban J connectivity index is 1.63. The summed E-state index contributed by atoms with van der Waals surface area (Å²) in [5.41, 5.74) is 1.51. The summed E-state index contributed by atoms with van der Waals surface area (Å²) >= 11 is 0. The standard InChI is InChI=1S/C27H28FN3O3/c1-4-17(2)29-26(33)18(3)30(15-20-9-5-6-13-22(20)28)24(32)16-31-23-14-8-11-19-10-7-12-21(25(19)23)27(31)34/h5-14,17-18H,4,15-16H2,1-3H3,(H,29,33)/t17-,18+/m1/s1. The molecule has 0 spiro atoms. The van der Waals surface area contributed by atoms with Gasteiger partial charge in [-0.3, -0.25) is 19.3 Å². The van der Waals surface area contributed by atoms with Crippen molar-refractivity contribution in [1.82, 2.24) is 10.2 Å². The minimum Gasteiger partial charge on any atom is -0.352 e. The SMILES string of the molecule is CC[C@@H](C)NC(=O)[C@H](C)N(Cc1ccccc1F)C(=O)CN1C(=O)c2cccc3cccc1c23. The molecule has 1 N–H and O–H groups in total. The lowest BCUT2D eigenvalue weighted by Crippen LogP contribution is -2.52. The molecule has 0 unspecified atom stereocenters. The Morgan fingerprint density at radius 2 is 1.74 bits per heavy atom. The molecule has 1 aliphatic heterocycles. The minimum atomic E-state index is -0.850. The fraction of sp³-hybridized carbons (Fsp3) is 0.296. The number of carbonyl (C=O) groups excluding carboxylic acids is 3. The van der Waals surface area contributed by atoms with E-state index in [-0.39, 0.29) is 30.9 Å². The zero-order chi connectivity index (χ0) is 24.4. The van der Waals surface area contributed by atoms with Crippen LogP contribution < -0.4 is 10.2 Å². The maximum Gasteiger partial charge on any atom is 0.259 e. The van der Waals surface area contributed by atoms with Gasteiger partial charge in [0.05, 0.1) is 5.69 Å². The summed E-state index contributed by atoms with van der Waals surface area (Å²) in [7, 11) is 0. The lowest BCUT2D eigenvalue weighted by molar-refractivity contribution is -0.139. The number of anilines is 1. The van der Waals surface area contributed by atoms with Gasteiger partial charge < -0.3 is 10.2 Å². The molecular weight excluding hydrogens is 433 g/mol. The molecule has 4 rings (SSSR count). The number of hydrogen-bond acceptors (Lipinski definition) is 3. The van der Waals surface area contributed by atoms with E-state index >= 15 is 0 Å². The monoisotopic (exact) mass is 461 g/mol. The molecule has 0 bridgehead atoms. The van der Waals surface area contributed by atoms with Crippen molar-refractivity contribution in [3.05, 3.63) is 77.6 Å². The van der Waals surface area contributed by atoms with Crippen molar-refractivity contribution < 1.29 is 18.8 Å². The molecule has 0 saturated heterocycles. The molecule has 7 heteroatoms. The van der Waals surface area contributed by atoms with Gasteiger partial charge in [-0.1, -0.05) is 49.4 Å². The normalized spacial score (nSPS) is 14.2. The molecule has 3 aromatic carbocycles. The number of halogens is 1. The number of carbonyl (C=O) groups is 3. The summed E-state index contributed by atoms with van der Waals surface area (Å²) in [6.07, 6.45) is 0.740. The van der Waals surface area contributed by atoms with E-state index in [2.05, 4.69) is 5.32 Å². The Labute approximate surface area is 198 Å². The van der Waals surface area contributed by atoms with Gasteiger partial charge in [0.25, 0.3) is 5.91 Å². The van der Waals surface area contributed by atoms with Crippen LogP contribution in [0.4, 0.5) is 10.1 Å². The van der Waals surface area contributed by atoms with Gasteiger partial charge in [0.15, 0.2) is 0 Å². The van der Waals surface area contributed by atoms with Crippen LogP contribution in [0.2, 0.25) is 0 Å². The van der Waals surface area contributed by atoms with Crippen molar-refractivity contribution in [3.63, 3.8) is 0 Å². The molecule has 0 fully saturated rings. The van der Waals surface area contributed by atoms with E-state index in [4.69, 9.17) is 0 Å². The molecule has 34 heavy (non-hydrogen) atoms. The van der Waals surface area contributed by atoms with Crippen molar-refractivity contribution in [2.24, 2.45) is 0 Å². The lowest BCUT2D eigenvalue weighted by atomic mass is 10.1. The van der Waals surface area contributed by atoms with Gasteiger partial charge in [-0.2, -0.15) is 0 Å². The number of rotatable bonds is 8. The van der Waals surface area contributed by atoms with Crippen LogP contribution in [0.15, 0.2) is 60.7 Å². The van der Waals surface area contributed by atoms with E-state index in [1.54, 1.807) is 31.2 Å². The lowest BCUT2D eigenvalue weighted by Gasteiger charge is -2.31. The maximum absolute atomic E-state index is 14.4. The first-order valence-corrected chi connectivity index (χ1v) is 11.5. The number of hydrogen-bond donors (Lipinski definition) is 1. The molecule has 0 aromatic heterocycles. The molecule has 0 radical (unpaired) electrons. The highest BCUT2D eigenvalue weighted by Gasteiger charge is 2.34. The fourth-order valence-electron chi connectivity index (χ4n) is 4.22. The summed E-state index contributed by atoms with van der Waals surface area (Å²) < 4.78 is 14.4. The topological polar surface area (TPSA) is 69.7 Å². The molecule has 176 valence electrons. The Hall–Kier alpha value is -3.74. The first kappa shape index (κ1) is 23.4. The van der Waals surface area contributed by atoms with E-state index in [0.29, 0.717) is 16.8 Å². The molecule has 1 heterocycles. The van der Waals surface area contributed by atoms with E-state index in [0.717, 1.165) is 17.2 Å². The second-order valence-electron chi connectivity index (χ2n) is 8.68. The van der Waals surface area contributed by atoms with Gasteiger partial charge in [-0.25, -0.2) is 4.39 Å². The van der Waals surface area contributed by atoms with Crippen LogP contribution in [0, 0.1) is 5.82 Å². The van der Waals surface area contributed by atoms with Crippen molar-refractivity contribution in [3.8, 4) is 0 Å². The highest BCUT2D eigenvalue weighted by atomic mass is 19.1. The van der Waals surface area contributed by atoms with Gasteiger partial charge in [0.1, 0.15) is 18.4 Å². The minimum absolute atomic E-state index is 0.0624. The molecular formula is C27H28FN3O3. The van der Waals surface area contributed by atoms with Gasteiger partial charge >= 0.3 is 0 Å². The summed E-state index contributed by atoms with van der Waals surface area (Å²) in [4.78, 5) is 42.4. The van der Waals surface area contributed by atoms with Gasteiger partial charge in [0, 0.05) is 29.1 Å². The maximum atomic E-state index is 14.4. The van der Waals surface area contributed by atoms with Crippen LogP contribution in [-0.4, -0.2) is 41.2 Å².